The molecule has 3 rings (SSSR count). The minimum Gasteiger partial charge on any atom is -0.377 e. The molecule has 0 radical (unpaired) electrons. The second-order valence-corrected chi connectivity index (χ2v) is 6.27. The molecular formula is C17H20ClN3O2. The molecule has 0 unspecified atom stereocenters. The van der Waals surface area contributed by atoms with Gasteiger partial charge in [-0.2, -0.15) is 5.10 Å². The molecule has 1 saturated heterocycles. The zero-order valence-electron chi connectivity index (χ0n) is 13.3. The van der Waals surface area contributed by atoms with Crippen molar-refractivity contribution in [3.63, 3.8) is 0 Å². The van der Waals surface area contributed by atoms with Gasteiger partial charge in [0.2, 0.25) is 0 Å². The van der Waals surface area contributed by atoms with Crippen molar-refractivity contribution in [1.82, 2.24) is 9.78 Å². The van der Waals surface area contributed by atoms with Gasteiger partial charge in [0.25, 0.3) is 5.56 Å². The third-order valence-electron chi connectivity index (χ3n) is 4.15. The number of aromatic nitrogens is 2. The van der Waals surface area contributed by atoms with Crippen molar-refractivity contribution in [2.24, 2.45) is 7.05 Å². The molecule has 1 fully saturated rings. The highest BCUT2D eigenvalue weighted by Gasteiger charge is 2.28. The highest BCUT2D eigenvalue weighted by molar-refractivity contribution is 6.32. The molecule has 0 saturated carbocycles. The quantitative estimate of drug-likeness (QED) is 0.937. The average molecular weight is 334 g/mol. The molecule has 1 N–H and O–H groups in total. The predicted octanol–water partition coefficient (Wildman–Crippen LogP) is 3.07. The molecule has 2 atom stereocenters. The summed E-state index contributed by atoms with van der Waals surface area (Å²) in [4.78, 5) is 11.9. The number of ether oxygens (including phenoxy) is 1. The summed E-state index contributed by atoms with van der Waals surface area (Å²) in [7, 11) is 1.58. The van der Waals surface area contributed by atoms with Crippen LogP contribution in [-0.2, 0) is 11.8 Å². The van der Waals surface area contributed by atoms with E-state index in [2.05, 4.69) is 41.6 Å². The summed E-state index contributed by atoms with van der Waals surface area (Å²) in [6, 6.07) is 8.39. The molecule has 1 aliphatic heterocycles. The number of hydrogen-bond donors (Lipinski definition) is 1. The number of benzene rings is 1. The SMILES string of the molecule is Cc1ccc([C@@H]2OCCC[C@@H]2Nc2cnn(C)c(=O)c2Cl)cc1. The number of halogens is 1. The number of nitrogens with zero attached hydrogens (tertiary/aromatic N) is 2. The van der Waals surface area contributed by atoms with E-state index in [0.29, 0.717) is 5.69 Å². The van der Waals surface area contributed by atoms with Crippen molar-refractivity contribution in [1.29, 1.82) is 0 Å². The summed E-state index contributed by atoms with van der Waals surface area (Å²) < 4.78 is 7.20. The van der Waals surface area contributed by atoms with E-state index in [1.165, 1.54) is 10.2 Å². The molecule has 0 amide bonds. The Balaban J connectivity index is 1.86. The molecule has 1 aliphatic rings. The van der Waals surface area contributed by atoms with E-state index >= 15 is 0 Å². The topological polar surface area (TPSA) is 56.1 Å². The van der Waals surface area contributed by atoms with E-state index in [-0.39, 0.29) is 22.7 Å². The van der Waals surface area contributed by atoms with Gasteiger partial charge >= 0.3 is 0 Å². The molecular weight excluding hydrogens is 314 g/mol. The van der Waals surface area contributed by atoms with Gasteiger partial charge in [-0.05, 0) is 25.3 Å². The van der Waals surface area contributed by atoms with E-state index in [4.69, 9.17) is 16.3 Å². The van der Waals surface area contributed by atoms with Gasteiger partial charge in [-0.1, -0.05) is 41.4 Å². The minimum absolute atomic E-state index is 0.0536. The summed E-state index contributed by atoms with van der Waals surface area (Å²) >= 11 is 6.16. The molecule has 2 aromatic rings. The molecule has 0 aliphatic carbocycles. The Labute approximate surface area is 140 Å². The molecule has 2 heterocycles. The number of aryl methyl sites for hydroxylation is 2. The summed E-state index contributed by atoms with van der Waals surface area (Å²) in [5, 5.41) is 7.54. The Bertz CT molecular complexity index is 742. The number of hydrogen-bond acceptors (Lipinski definition) is 4. The van der Waals surface area contributed by atoms with Crippen LogP contribution in [0.5, 0.6) is 0 Å². The molecule has 1 aromatic carbocycles. The van der Waals surface area contributed by atoms with Crippen molar-refractivity contribution < 1.29 is 4.74 Å². The molecule has 23 heavy (non-hydrogen) atoms. The maximum Gasteiger partial charge on any atom is 0.287 e. The van der Waals surface area contributed by atoms with E-state index in [1.807, 2.05) is 0 Å². The van der Waals surface area contributed by atoms with Crippen LogP contribution in [0.2, 0.25) is 5.02 Å². The first-order valence-corrected chi connectivity index (χ1v) is 8.10. The number of rotatable bonds is 3. The smallest absolute Gasteiger partial charge is 0.287 e. The second-order valence-electron chi connectivity index (χ2n) is 5.90. The Morgan fingerprint density at radius 2 is 2.09 bits per heavy atom. The average Bonchev–Trinajstić information content (AvgIpc) is 2.57. The zero-order valence-corrected chi connectivity index (χ0v) is 14.0. The van der Waals surface area contributed by atoms with Crippen LogP contribution in [0.1, 0.15) is 30.1 Å². The van der Waals surface area contributed by atoms with E-state index < -0.39 is 0 Å². The van der Waals surface area contributed by atoms with Gasteiger partial charge in [0.05, 0.1) is 17.9 Å². The number of anilines is 1. The lowest BCUT2D eigenvalue weighted by atomic mass is 9.95. The number of nitrogens with one attached hydrogen (secondary N) is 1. The fourth-order valence-corrected chi connectivity index (χ4v) is 3.05. The predicted molar refractivity (Wildman–Crippen MR) is 91.0 cm³/mol. The lowest BCUT2D eigenvalue weighted by Gasteiger charge is -2.33. The van der Waals surface area contributed by atoms with Crippen molar-refractivity contribution in [2.45, 2.75) is 31.9 Å². The van der Waals surface area contributed by atoms with Crippen LogP contribution < -0.4 is 10.9 Å². The fourth-order valence-electron chi connectivity index (χ4n) is 2.82. The standard InChI is InChI=1S/C17H20ClN3O2/c1-11-5-7-12(8-6-11)16-13(4-3-9-23-16)20-14-10-19-21(2)17(22)15(14)18/h5-8,10,13,16,20H,3-4,9H2,1-2H3/t13-,16-/m0/s1. The first-order valence-electron chi connectivity index (χ1n) is 7.73. The van der Waals surface area contributed by atoms with Gasteiger partial charge in [0.1, 0.15) is 11.1 Å². The Kier molecular flexibility index (Phi) is 4.68. The Morgan fingerprint density at radius 3 is 2.83 bits per heavy atom. The van der Waals surface area contributed by atoms with Crippen LogP contribution in [0.25, 0.3) is 0 Å². The van der Waals surface area contributed by atoms with Crippen LogP contribution in [0.15, 0.2) is 35.3 Å². The van der Waals surface area contributed by atoms with E-state index in [9.17, 15) is 4.79 Å². The molecule has 1 aromatic heterocycles. The first kappa shape index (κ1) is 16.0. The fraction of sp³-hybridized carbons (Fsp3) is 0.412. The van der Waals surface area contributed by atoms with Gasteiger partial charge in [-0.25, -0.2) is 4.68 Å². The maximum absolute atomic E-state index is 11.9. The van der Waals surface area contributed by atoms with Crippen LogP contribution in [0.4, 0.5) is 5.69 Å². The largest absolute Gasteiger partial charge is 0.377 e. The molecule has 6 heteroatoms. The van der Waals surface area contributed by atoms with Gasteiger partial charge in [-0.3, -0.25) is 4.79 Å². The summed E-state index contributed by atoms with van der Waals surface area (Å²) in [5.74, 6) is 0. The van der Waals surface area contributed by atoms with Gasteiger partial charge in [0.15, 0.2) is 0 Å². The zero-order chi connectivity index (χ0) is 16.4. The lowest BCUT2D eigenvalue weighted by molar-refractivity contribution is 0.00564. The molecule has 0 bridgehead atoms. The van der Waals surface area contributed by atoms with Crippen molar-refractivity contribution in [3.8, 4) is 0 Å². The van der Waals surface area contributed by atoms with Gasteiger partial charge in [-0.15, -0.1) is 0 Å². The van der Waals surface area contributed by atoms with Gasteiger partial charge < -0.3 is 10.1 Å². The summed E-state index contributed by atoms with van der Waals surface area (Å²) in [5.41, 5.74) is 2.59. The highest BCUT2D eigenvalue weighted by atomic mass is 35.5. The van der Waals surface area contributed by atoms with Crippen molar-refractivity contribution in [2.75, 3.05) is 11.9 Å². The van der Waals surface area contributed by atoms with E-state index in [0.717, 1.165) is 25.0 Å². The lowest BCUT2D eigenvalue weighted by Crippen LogP contribution is -2.34. The summed E-state index contributed by atoms with van der Waals surface area (Å²) in [6.45, 7) is 2.80. The van der Waals surface area contributed by atoms with Crippen molar-refractivity contribution in [3.05, 3.63) is 57.0 Å². The molecule has 5 nitrogen and oxygen atoms in total. The van der Waals surface area contributed by atoms with Crippen LogP contribution in [0, 0.1) is 6.92 Å². The molecule has 0 spiro atoms. The van der Waals surface area contributed by atoms with E-state index in [1.54, 1.807) is 13.2 Å². The minimum atomic E-state index is -0.305. The Morgan fingerprint density at radius 1 is 1.35 bits per heavy atom. The highest BCUT2D eigenvalue weighted by Crippen LogP contribution is 2.31. The third-order valence-corrected chi connectivity index (χ3v) is 4.51. The normalized spacial score (nSPS) is 21.2. The monoisotopic (exact) mass is 333 g/mol. The van der Waals surface area contributed by atoms with Crippen LogP contribution in [-0.4, -0.2) is 22.4 Å². The van der Waals surface area contributed by atoms with Crippen molar-refractivity contribution >= 4 is 17.3 Å². The second kappa shape index (κ2) is 6.72. The Hall–Kier alpha value is -1.85. The van der Waals surface area contributed by atoms with Gasteiger partial charge in [0, 0.05) is 13.7 Å². The van der Waals surface area contributed by atoms with Crippen LogP contribution in [0.3, 0.4) is 0 Å². The van der Waals surface area contributed by atoms with Crippen LogP contribution >= 0.6 is 11.6 Å². The maximum atomic E-state index is 11.9. The summed E-state index contributed by atoms with van der Waals surface area (Å²) in [6.07, 6.45) is 3.44. The molecule has 122 valence electrons. The third kappa shape index (κ3) is 3.41. The first-order chi connectivity index (χ1) is 11.1.